The van der Waals surface area contributed by atoms with Crippen LogP contribution in [0.2, 0.25) is 0 Å². The lowest BCUT2D eigenvalue weighted by molar-refractivity contribution is 0.339. The van der Waals surface area contributed by atoms with Crippen molar-refractivity contribution in [2.45, 2.75) is 52.0 Å². The van der Waals surface area contributed by atoms with Crippen molar-refractivity contribution in [2.75, 3.05) is 0 Å². The molecule has 1 aromatic heterocycles. The Morgan fingerprint density at radius 2 is 1.89 bits per heavy atom. The van der Waals surface area contributed by atoms with Crippen molar-refractivity contribution in [3.8, 4) is 0 Å². The summed E-state index contributed by atoms with van der Waals surface area (Å²) in [5.41, 5.74) is 2.07. The van der Waals surface area contributed by atoms with E-state index in [1.165, 1.54) is 19.3 Å². The van der Waals surface area contributed by atoms with Crippen molar-refractivity contribution in [3.63, 3.8) is 0 Å². The summed E-state index contributed by atoms with van der Waals surface area (Å²) in [5.74, 6) is 0.855. The first-order valence-corrected chi connectivity index (χ1v) is 7.16. The van der Waals surface area contributed by atoms with Gasteiger partial charge < -0.3 is 0 Å². The highest BCUT2D eigenvalue weighted by Crippen LogP contribution is 2.28. The van der Waals surface area contributed by atoms with Crippen LogP contribution < -0.4 is 5.56 Å². The number of hydrogen-bond donors (Lipinski definition) is 0. The molecule has 0 radical (unpaired) electrons. The molecule has 1 aliphatic carbocycles. The van der Waals surface area contributed by atoms with Crippen LogP contribution in [0.4, 0.5) is 0 Å². The molecular weight excluding hydrogens is 236 g/mol. The lowest BCUT2D eigenvalue weighted by Gasteiger charge is -2.25. The van der Waals surface area contributed by atoms with Gasteiger partial charge in [-0.25, -0.2) is 4.98 Å². The quantitative estimate of drug-likeness (QED) is 0.782. The Hall–Kier alpha value is -1.64. The maximum absolute atomic E-state index is 12.7. The summed E-state index contributed by atoms with van der Waals surface area (Å²) in [5, 5.41) is 0.760. The number of rotatable bonds is 1. The third kappa shape index (κ3) is 2.18. The van der Waals surface area contributed by atoms with Crippen LogP contribution in [0.25, 0.3) is 10.9 Å². The van der Waals surface area contributed by atoms with Gasteiger partial charge in [0.1, 0.15) is 5.82 Å². The minimum absolute atomic E-state index is 0.137. The van der Waals surface area contributed by atoms with Crippen LogP contribution in [0, 0.1) is 13.8 Å². The fourth-order valence-corrected chi connectivity index (χ4v) is 3.19. The van der Waals surface area contributed by atoms with Gasteiger partial charge in [-0.2, -0.15) is 0 Å². The first-order valence-electron chi connectivity index (χ1n) is 7.16. The van der Waals surface area contributed by atoms with Crippen molar-refractivity contribution < 1.29 is 0 Å². The smallest absolute Gasteiger partial charge is 0.261 e. The van der Waals surface area contributed by atoms with Gasteiger partial charge >= 0.3 is 0 Å². The van der Waals surface area contributed by atoms with Gasteiger partial charge in [-0.3, -0.25) is 9.36 Å². The third-order valence-corrected chi connectivity index (χ3v) is 4.17. The van der Waals surface area contributed by atoms with Gasteiger partial charge in [-0.1, -0.05) is 30.9 Å². The molecule has 0 atom stereocenters. The number of fused-ring (bicyclic) bond motifs is 1. The van der Waals surface area contributed by atoms with Gasteiger partial charge in [0.25, 0.3) is 5.56 Å². The Morgan fingerprint density at radius 1 is 1.16 bits per heavy atom. The van der Waals surface area contributed by atoms with Crippen molar-refractivity contribution in [1.29, 1.82) is 0 Å². The van der Waals surface area contributed by atoms with Crippen LogP contribution >= 0.6 is 0 Å². The van der Waals surface area contributed by atoms with Gasteiger partial charge in [0, 0.05) is 6.04 Å². The van der Waals surface area contributed by atoms with Crippen molar-refractivity contribution >= 4 is 10.9 Å². The maximum Gasteiger partial charge on any atom is 0.261 e. The molecule has 100 valence electrons. The standard InChI is InChI=1S/C16H20N2O/c1-11-8-9-15-14(10-11)16(19)18(12(2)17-15)13-6-4-3-5-7-13/h8-10,13H,3-7H2,1-2H3. The van der Waals surface area contributed by atoms with Crippen molar-refractivity contribution in [2.24, 2.45) is 0 Å². The van der Waals surface area contributed by atoms with E-state index < -0.39 is 0 Å². The molecule has 0 bridgehead atoms. The molecule has 2 aromatic rings. The molecule has 0 amide bonds. The van der Waals surface area contributed by atoms with E-state index in [0.717, 1.165) is 35.1 Å². The van der Waals surface area contributed by atoms with Crippen LogP contribution in [-0.4, -0.2) is 9.55 Å². The van der Waals surface area contributed by atoms with E-state index in [9.17, 15) is 4.79 Å². The summed E-state index contributed by atoms with van der Waals surface area (Å²) in [6, 6.07) is 6.27. The zero-order chi connectivity index (χ0) is 13.4. The monoisotopic (exact) mass is 256 g/mol. The topological polar surface area (TPSA) is 34.9 Å². The summed E-state index contributed by atoms with van der Waals surface area (Å²) >= 11 is 0. The second-order valence-electron chi connectivity index (χ2n) is 5.65. The Balaban J connectivity index is 2.21. The molecule has 0 unspecified atom stereocenters. The average Bonchev–Trinajstić information content (AvgIpc) is 2.41. The van der Waals surface area contributed by atoms with Crippen LogP contribution in [0.5, 0.6) is 0 Å². The molecule has 1 saturated carbocycles. The first kappa shape index (κ1) is 12.4. The molecule has 3 rings (SSSR count). The van der Waals surface area contributed by atoms with Gasteiger partial charge in [-0.15, -0.1) is 0 Å². The van der Waals surface area contributed by atoms with E-state index in [4.69, 9.17) is 0 Å². The molecule has 1 aromatic carbocycles. The predicted octanol–water partition coefficient (Wildman–Crippen LogP) is 3.52. The molecule has 3 nitrogen and oxygen atoms in total. The summed E-state index contributed by atoms with van der Waals surface area (Å²) in [7, 11) is 0. The molecule has 1 aliphatic rings. The Kier molecular flexibility index (Phi) is 3.13. The first-order chi connectivity index (χ1) is 9.16. The van der Waals surface area contributed by atoms with Gasteiger partial charge in [0.05, 0.1) is 10.9 Å². The van der Waals surface area contributed by atoms with Gasteiger partial charge in [0.2, 0.25) is 0 Å². The van der Waals surface area contributed by atoms with E-state index in [1.807, 2.05) is 36.6 Å². The third-order valence-electron chi connectivity index (χ3n) is 4.17. The lowest BCUT2D eigenvalue weighted by atomic mass is 9.95. The molecule has 3 heteroatoms. The predicted molar refractivity (Wildman–Crippen MR) is 77.6 cm³/mol. The van der Waals surface area contributed by atoms with E-state index in [2.05, 4.69) is 4.98 Å². The molecule has 0 aliphatic heterocycles. The molecule has 0 saturated heterocycles. The van der Waals surface area contributed by atoms with E-state index >= 15 is 0 Å². The van der Waals surface area contributed by atoms with Crippen molar-refractivity contribution in [1.82, 2.24) is 9.55 Å². The van der Waals surface area contributed by atoms with Crippen LogP contribution in [-0.2, 0) is 0 Å². The van der Waals surface area contributed by atoms with Crippen LogP contribution in [0.1, 0.15) is 49.5 Å². The highest BCUT2D eigenvalue weighted by molar-refractivity contribution is 5.78. The van der Waals surface area contributed by atoms with E-state index in [1.54, 1.807) is 0 Å². The number of aryl methyl sites for hydroxylation is 2. The Morgan fingerprint density at radius 3 is 2.63 bits per heavy atom. The van der Waals surface area contributed by atoms with Crippen molar-refractivity contribution in [3.05, 3.63) is 39.9 Å². The highest BCUT2D eigenvalue weighted by Gasteiger charge is 2.19. The number of hydrogen-bond acceptors (Lipinski definition) is 2. The Labute approximate surface area is 113 Å². The van der Waals surface area contributed by atoms with Gasteiger partial charge in [-0.05, 0) is 38.8 Å². The summed E-state index contributed by atoms with van der Waals surface area (Å²) in [4.78, 5) is 17.3. The zero-order valence-corrected chi connectivity index (χ0v) is 11.6. The van der Waals surface area contributed by atoms with Crippen LogP contribution in [0.15, 0.2) is 23.0 Å². The second kappa shape index (κ2) is 4.80. The fourth-order valence-electron chi connectivity index (χ4n) is 3.19. The minimum Gasteiger partial charge on any atom is -0.293 e. The Bertz CT molecular complexity index is 666. The zero-order valence-electron chi connectivity index (χ0n) is 11.6. The summed E-state index contributed by atoms with van der Waals surface area (Å²) in [6.07, 6.45) is 5.97. The molecule has 1 fully saturated rings. The molecule has 1 heterocycles. The number of nitrogens with zero attached hydrogens (tertiary/aromatic N) is 2. The average molecular weight is 256 g/mol. The SMILES string of the molecule is Cc1ccc2nc(C)n(C3CCCCC3)c(=O)c2c1. The lowest BCUT2D eigenvalue weighted by Crippen LogP contribution is -2.29. The van der Waals surface area contributed by atoms with E-state index in [-0.39, 0.29) is 5.56 Å². The highest BCUT2D eigenvalue weighted by atomic mass is 16.1. The second-order valence-corrected chi connectivity index (χ2v) is 5.65. The molecule has 0 N–H and O–H groups in total. The molecular formula is C16H20N2O. The van der Waals surface area contributed by atoms with Gasteiger partial charge in [0.15, 0.2) is 0 Å². The molecule has 19 heavy (non-hydrogen) atoms. The summed E-state index contributed by atoms with van der Waals surface area (Å²) < 4.78 is 1.93. The maximum atomic E-state index is 12.7. The normalized spacial score (nSPS) is 16.9. The minimum atomic E-state index is 0.137. The number of benzene rings is 1. The molecule has 0 spiro atoms. The largest absolute Gasteiger partial charge is 0.293 e. The van der Waals surface area contributed by atoms with Crippen LogP contribution in [0.3, 0.4) is 0 Å². The fraction of sp³-hybridized carbons (Fsp3) is 0.500. The number of aromatic nitrogens is 2. The summed E-state index contributed by atoms with van der Waals surface area (Å²) in [6.45, 7) is 3.97. The van der Waals surface area contributed by atoms with E-state index in [0.29, 0.717) is 6.04 Å².